The summed E-state index contributed by atoms with van der Waals surface area (Å²) in [6.45, 7) is 0.788. The van der Waals surface area contributed by atoms with Gasteiger partial charge < -0.3 is 10.6 Å². The van der Waals surface area contributed by atoms with Crippen LogP contribution in [0, 0.1) is 0 Å². The van der Waals surface area contributed by atoms with Gasteiger partial charge in [-0.05, 0) is 24.5 Å². The molecule has 2 aliphatic rings. The molecule has 7 heteroatoms. The van der Waals surface area contributed by atoms with Crippen molar-refractivity contribution in [2.75, 3.05) is 13.1 Å². The zero-order valence-corrected chi connectivity index (χ0v) is 14.0. The van der Waals surface area contributed by atoms with E-state index in [1.54, 1.807) is 0 Å². The van der Waals surface area contributed by atoms with Crippen molar-refractivity contribution >= 4 is 29.4 Å². The maximum atomic E-state index is 11.9. The summed E-state index contributed by atoms with van der Waals surface area (Å²) < 4.78 is 0. The number of carbonyl (C=O) groups excluding carboxylic acids is 3. The number of imide groups is 1. The maximum Gasteiger partial charge on any atom is 0.315 e. The van der Waals surface area contributed by atoms with Gasteiger partial charge in [0, 0.05) is 42.9 Å². The number of hydrogen-bond acceptors (Lipinski definition) is 3. The first-order chi connectivity index (χ1) is 11.6. The number of rotatable bonds is 6. The van der Waals surface area contributed by atoms with Crippen LogP contribution in [0.15, 0.2) is 24.3 Å². The Hall–Kier alpha value is -2.08. The Bertz CT molecular complexity index is 648. The summed E-state index contributed by atoms with van der Waals surface area (Å²) >= 11 is 6.16. The number of nitrogens with one attached hydrogen (secondary N) is 2. The molecule has 2 N–H and O–H groups in total. The normalized spacial score (nSPS) is 22.6. The lowest BCUT2D eigenvalue weighted by Gasteiger charge is -2.14. The van der Waals surface area contributed by atoms with Crippen molar-refractivity contribution in [3.8, 4) is 0 Å². The molecular weight excluding hydrogens is 330 g/mol. The van der Waals surface area contributed by atoms with Crippen LogP contribution >= 0.6 is 11.6 Å². The van der Waals surface area contributed by atoms with Gasteiger partial charge in [-0.15, -0.1) is 0 Å². The van der Waals surface area contributed by atoms with E-state index in [0.29, 0.717) is 32.4 Å². The molecule has 1 aromatic carbocycles. The Kier molecular flexibility index (Phi) is 5.04. The highest BCUT2D eigenvalue weighted by Gasteiger charge is 2.40. The molecule has 0 bridgehead atoms. The number of likely N-dealkylation sites (tertiary alicyclic amines) is 1. The second-order valence-electron chi connectivity index (χ2n) is 6.16. The van der Waals surface area contributed by atoms with Crippen LogP contribution in [0.4, 0.5) is 4.79 Å². The Balaban J connectivity index is 1.35. The number of carbonyl (C=O) groups is 3. The van der Waals surface area contributed by atoms with Gasteiger partial charge in [0.25, 0.3) is 0 Å². The third kappa shape index (κ3) is 3.87. The smallest absolute Gasteiger partial charge is 0.315 e. The van der Waals surface area contributed by atoms with Crippen LogP contribution in [0.5, 0.6) is 0 Å². The zero-order chi connectivity index (χ0) is 17.1. The van der Waals surface area contributed by atoms with E-state index in [4.69, 9.17) is 11.6 Å². The van der Waals surface area contributed by atoms with Gasteiger partial charge in [-0.1, -0.05) is 29.8 Å². The van der Waals surface area contributed by atoms with E-state index in [2.05, 4.69) is 10.6 Å². The molecule has 1 aliphatic heterocycles. The van der Waals surface area contributed by atoms with Gasteiger partial charge in [0.05, 0.1) is 0 Å². The number of benzene rings is 1. The number of halogens is 1. The van der Waals surface area contributed by atoms with Crippen LogP contribution in [0.2, 0.25) is 5.02 Å². The minimum atomic E-state index is -0.228. The summed E-state index contributed by atoms with van der Waals surface area (Å²) in [5.74, 6) is 0.0271. The molecule has 1 saturated carbocycles. The van der Waals surface area contributed by atoms with E-state index in [-0.39, 0.29) is 29.8 Å². The number of amides is 4. The molecule has 6 nitrogen and oxygen atoms in total. The quantitative estimate of drug-likeness (QED) is 0.609. The van der Waals surface area contributed by atoms with E-state index in [0.717, 1.165) is 17.0 Å². The first kappa shape index (κ1) is 16.8. The number of hydrogen-bond donors (Lipinski definition) is 2. The lowest BCUT2D eigenvalue weighted by molar-refractivity contribution is -0.138. The van der Waals surface area contributed by atoms with Crippen LogP contribution in [0.25, 0.3) is 0 Å². The molecule has 0 unspecified atom stereocenters. The number of nitrogens with zero attached hydrogens (tertiary/aromatic N) is 1. The summed E-state index contributed by atoms with van der Waals surface area (Å²) in [6.07, 6.45) is 2.05. The van der Waals surface area contributed by atoms with Crippen LogP contribution in [0.3, 0.4) is 0 Å². The van der Waals surface area contributed by atoms with Gasteiger partial charge in [0.15, 0.2) is 0 Å². The van der Waals surface area contributed by atoms with Gasteiger partial charge in [-0.2, -0.15) is 0 Å². The van der Waals surface area contributed by atoms with Crippen LogP contribution < -0.4 is 10.6 Å². The highest BCUT2D eigenvalue weighted by molar-refractivity contribution is 6.31. The predicted octanol–water partition coefficient (Wildman–Crippen LogP) is 2.03. The van der Waals surface area contributed by atoms with Gasteiger partial charge in [-0.3, -0.25) is 14.5 Å². The SMILES string of the molecule is O=C(NCCCN1C(=O)CCC1=O)N[C@@H]1C[C@@H]1c1ccccc1Cl. The maximum absolute atomic E-state index is 11.9. The van der Waals surface area contributed by atoms with E-state index >= 15 is 0 Å². The second kappa shape index (κ2) is 7.21. The molecular formula is C17H20ClN3O3. The van der Waals surface area contributed by atoms with Crippen molar-refractivity contribution in [3.63, 3.8) is 0 Å². The standard InChI is InChI=1S/C17H20ClN3O3/c18-13-5-2-1-4-11(13)12-10-14(12)20-17(24)19-8-3-9-21-15(22)6-7-16(21)23/h1-2,4-5,12,14H,3,6-10H2,(H2,19,20,24)/t12-,14-/m1/s1. The fraction of sp³-hybridized carbons (Fsp3) is 0.471. The predicted molar refractivity (Wildman–Crippen MR) is 89.7 cm³/mol. The molecule has 4 amide bonds. The van der Waals surface area contributed by atoms with Crippen LogP contribution in [0.1, 0.15) is 37.2 Å². The third-order valence-corrected chi connectivity index (χ3v) is 4.75. The van der Waals surface area contributed by atoms with Crippen molar-refractivity contribution in [1.29, 1.82) is 0 Å². The van der Waals surface area contributed by atoms with E-state index in [1.807, 2.05) is 24.3 Å². The molecule has 24 heavy (non-hydrogen) atoms. The molecule has 1 saturated heterocycles. The molecule has 1 aromatic rings. The molecule has 0 radical (unpaired) electrons. The lowest BCUT2D eigenvalue weighted by Crippen LogP contribution is -2.39. The Morgan fingerprint density at radius 1 is 1.21 bits per heavy atom. The molecule has 2 fully saturated rings. The zero-order valence-electron chi connectivity index (χ0n) is 13.3. The van der Waals surface area contributed by atoms with Gasteiger partial charge in [0.1, 0.15) is 0 Å². The monoisotopic (exact) mass is 349 g/mol. The Morgan fingerprint density at radius 2 is 1.92 bits per heavy atom. The average Bonchev–Trinajstić information content (AvgIpc) is 3.23. The minimum absolute atomic E-state index is 0.103. The van der Waals surface area contributed by atoms with Crippen molar-refractivity contribution < 1.29 is 14.4 Å². The lowest BCUT2D eigenvalue weighted by atomic mass is 10.1. The third-order valence-electron chi connectivity index (χ3n) is 4.41. The Labute approximate surface area is 145 Å². The topological polar surface area (TPSA) is 78.5 Å². The molecule has 1 heterocycles. The molecule has 2 atom stereocenters. The molecule has 3 rings (SSSR count). The van der Waals surface area contributed by atoms with E-state index < -0.39 is 0 Å². The van der Waals surface area contributed by atoms with Crippen molar-refractivity contribution in [1.82, 2.24) is 15.5 Å². The molecule has 0 spiro atoms. The summed E-state index contributed by atoms with van der Waals surface area (Å²) in [5.41, 5.74) is 1.07. The van der Waals surface area contributed by atoms with Crippen molar-refractivity contribution in [3.05, 3.63) is 34.9 Å². The van der Waals surface area contributed by atoms with E-state index in [9.17, 15) is 14.4 Å². The average molecular weight is 350 g/mol. The molecule has 0 aromatic heterocycles. The summed E-state index contributed by atoms with van der Waals surface area (Å²) in [7, 11) is 0. The first-order valence-corrected chi connectivity index (χ1v) is 8.56. The fourth-order valence-electron chi connectivity index (χ4n) is 3.00. The van der Waals surface area contributed by atoms with Crippen LogP contribution in [-0.4, -0.2) is 41.9 Å². The molecule has 128 valence electrons. The highest BCUT2D eigenvalue weighted by atomic mass is 35.5. The number of urea groups is 1. The summed E-state index contributed by atoms with van der Waals surface area (Å²) in [4.78, 5) is 36.1. The highest BCUT2D eigenvalue weighted by Crippen LogP contribution is 2.43. The minimum Gasteiger partial charge on any atom is -0.338 e. The first-order valence-electron chi connectivity index (χ1n) is 8.18. The van der Waals surface area contributed by atoms with Crippen molar-refractivity contribution in [2.24, 2.45) is 0 Å². The van der Waals surface area contributed by atoms with Crippen molar-refractivity contribution in [2.45, 2.75) is 37.6 Å². The van der Waals surface area contributed by atoms with E-state index in [1.165, 1.54) is 4.90 Å². The second-order valence-corrected chi connectivity index (χ2v) is 6.57. The largest absolute Gasteiger partial charge is 0.338 e. The van der Waals surface area contributed by atoms with Gasteiger partial charge >= 0.3 is 6.03 Å². The molecule has 1 aliphatic carbocycles. The van der Waals surface area contributed by atoms with Gasteiger partial charge in [0.2, 0.25) is 11.8 Å². The summed E-state index contributed by atoms with van der Waals surface area (Å²) in [6, 6.07) is 7.54. The Morgan fingerprint density at radius 3 is 2.62 bits per heavy atom. The fourth-order valence-corrected chi connectivity index (χ4v) is 3.28. The summed E-state index contributed by atoms with van der Waals surface area (Å²) in [5, 5.41) is 6.41. The van der Waals surface area contributed by atoms with Gasteiger partial charge in [-0.25, -0.2) is 4.79 Å². The van der Waals surface area contributed by atoms with Crippen LogP contribution in [-0.2, 0) is 9.59 Å².